The largest absolute Gasteiger partial charge is 0.508 e. The predicted molar refractivity (Wildman–Crippen MR) is 109 cm³/mol. The third-order valence-electron chi connectivity index (χ3n) is 5.83. The highest BCUT2D eigenvalue weighted by molar-refractivity contribution is 9.10. The van der Waals surface area contributed by atoms with E-state index in [1.54, 1.807) is 12.1 Å². The van der Waals surface area contributed by atoms with Crippen molar-refractivity contribution in [3.8, 4) is 5.75 Å². The smallest absolute Gasteiger partial charge is 0.325 e. The summed E-state index contributed by atoms with van der Waals surface area (Å²) in [7, 11) is 0. The number of carboxylic acid groups (broad SMARTS) is 1. The number of nitrogens with zero attached hydrogens (tertiary/aromatic N) is 1. The Balaban J connectivity index is 1.80. The summed E-state index contributed by atoms with van der Waals surface area (Å²) >= 11 is 3.29. The van der Waals surface area contributed by atoms with Crippen LogP contribution in [0.2, 0.25) is 0 Å². The Labute approximate surface area is 183 Å². The molecule has 4 rings (SSSR count). The summed E-state index contributed by atoms with van der Waals surface area (Å²) < 4.78 is 0.603. The number of aromatic hydroxyl groups is 1. The predicted octanol–water partition coefficient (Wildman–Crippen LogP) is 1.66. The Hall–Kier alpha value is -3.31. The summed E-state index contributed by atoms with van der Waals surface area (Å²) in [6, 6.07) is 8.93. The van der Waals surface area contributed by atoms with E-state index in [1.807, 2.05) is 0 Å². The molecule has 0 radical (unpaired) electrons. The van der Waals surface area contributed by atoms with Crippen LogP contribution in [0.1, 0.15) is 17.2 Å². The Morgan fingerprint density at radius 3 is 2.45 bits per heavy atom. The van der Waals surface area contributed by atoms with Gasteiger partial charge in [0, 0.05) is 34.6 Å². The molecule has 4 unspecified atom stereocenters. The van der Waals surface area contributed by atoms with Crippen molar-refractivity contribution in [2.24, 2.45) is 11.8 Å². The van der Waals surface area contributed by atoms with Crippen molar-refractivity contribution in [2.75, 3.05) is 0 Å². The number of aliphatic carboxylic acids is 1. The number of nitrogens with one attached hydrogen (secondary N) is 2. The molecule has 0 bridgehead atoms. The number of fused-ring (bicyclic) bond motifs is 1. The second kappa shape index (κ2) is 7.43. The van der Waals surface area contributed by atoms with Crippen molar-refractivity contribution >= 4 is 39.4 Å². The highest BCUT2D eigenvalue weighted by Crippen LogP contribution is 2.49. The van der Waals surface area contributed by atoms with E-state index in [1.165, 1.54) is 30.3 Å². The van der Waals surface area contributed by atoms with Crippen molar-refractivity contribution in [2.45, 2.75) is 18.0 Å². The van der Waals surface area contributed by atoms with Gasteiger partial charge in [0.2, 0.25) is 11.8 Å². The number of nitro benzene ring substituents is 1. The van der Waals surface area contributed by atoms with Gasteiger partial charge < -0.3 is 10.2 Å². The average Bonchev–Trinajstić information content (AvgIpc) is 3.21. The summed E-state index contributed by atoms with van der Waals surface area (Å²) in [5.74, 6) is -5.13. The van der Waals surface area contributed by atoms with E-state index < -0.39 is 46.1 Å². The fourth-order valence-corrected chi connectivity index (χ4v) is 4.84. The zero-order valence-corrected chi connectivity index (χ0v) is 17.3. The quantitative estimate of drug-likeness (QED) is 0.280. The zero-order chi connectivity index (χ0) is 22.5. The number of carbonyl (C=O) groups is 3. The molecule has 10 nitrogen and oxygen atoms in total. The van der Waals surface area contributed by atoms with Crippen LogP contribution < -0.4 is 10.6 Å². The minimum Gasteiger partial charge on any atom is -0.508 e. The highest BCUT2D eigenvalue weighted by atomic mass is 79.9. The van der Waals surface area contributed by atoms with Crippen LogP contribution in [0, 0.1) is 22.0 Å². The van der Waals surface area contributed by atoms with Gasteiger partial charge in [-0.3, -0.25) is 35.1 Å². The number of imide groups is 1. The van der Waals surface area contributed by atoms with E-state index in [0.717, 1.165) is 0 Å². The number of phenols is 1. The van der Waals surface area contributed by atoms with Gasteiger partial charge in [-0.25, -0.2) is 0 Å². The molecule has 11 heteroatoms. The van der Waals surface area contributed by atoms with Crippen LogP contribution in [0.15, 0.2) is 46.9 Å². The Bertz CT molecular complexity index is 1120. The molecule has 0 aliphatic carbocycles. The molecule has 2 aromatic rings. The maximum atomic E-state index is 12.7. The lowest BCUT2D eigenvalue weighted by molar-refractivity contribution is -0.384. The van der Waals surface area contributed by atoms with Crippen LogP contribution in [0.5, 0.6) is 5.75 Å². The van der Waals surface area contributed by atoms with Gasteiger partial charge in [-0.1, -0.05) is 28.1 Å². The van der Waals surface area contributed by atoms with Gasteiger partial charge in [0.05, 0.1) is 16.8 Å². The molecule has 2 fully saturated rings. The van der Waals surface area contributed by atoms with Crippen LogP contribution >= 0.6 is 15.9 Å². The van der Waals surface area contributed by atoms with Crippen molar-refractivity contribution in [1.29, 1.82) is 0 Å². The minimum atomic E-state index is -1.86. The maximum absolute atomic E-state index is 12.7. The summed E-state index contributed by atoms with van der Waals surface area (Å²) in [5, 5.41) is 36.6. The standard InChI is InChI=1S/C20H16BrN3O7/c21-10-3-6-13(25)12(7-10)16-14-15(18(27)22-17(14)26)20(23-16,19(28)29)8-9-1-4-11(5-2-9)24(30)31/h1-7,14-16,23,25H,8H2,(H,28,29)(H,22,26,27). The first-order valence-electron chi connectivity index (χ1n) is 9.21. The van der Waals surface area contributed by atoms with Crippen molar-refractivity contribution in [3.63, 3.8) is 0 Å². The molecule has 2 saturated heterocycles. The topological polar surface area (TPSA) is 159 Å². The number of nitro groups is 1. The lowest BCUT2D eigenvalue weighted by Gasteiger charge is -2.30. The van der Waals surface area contributed by atoms with Gasteiger partial charge in [-0.15, -0.1) is 0 Å². The Kier molecular flexibility index (Phi) is 5.02. The number of rotatable bonds is 5. The molecular formula is C20H16BrN3O7. The maximum Gasteiger partial charge on any atom is 0.325 e. The summed E-state index contributed by atoms with van der Waals surface area (Å²) in [4.78, 5) is 48.1. The van der Waals surface area contributed by atoms with E-state index in [9.17, 15) is 34.7 Å². The van der Waals surface area contributed by atoms with Crippen molar-refractivity contribution < 1.29 is 29.5 Å². The molecule has 2 aromatic carbocycles. The molecule has 0 spiro atoms. The normalized spacial score (nSPS) is 27.1. The zero-order valence-electron chi connectivity index (χ0n) is 15.7. The van der Waals surface area contributed by atoms with Gasteiger partial charge >= 0.3 is 5.97 Å². The number of hydrogen-bond acceptors (Lipinski definition) is 7. The van der Waals surface area contributed by atoms with Crippen LogP contribution in [0.3, 0.4) is 0 Å². The summed E-state index contributed by atoms with van der Waals surface area (Å²) in [6.45, 7) is 0. The lowest BCUT2D eigenvalue weighted by Crippen LogP contribution is -2.57. The first kappa shape index (κ1) is 20.9. The number of non-ortho nitro benzene ring substituents is 1. The number of hydrogen-bond donors (Lipinski definition) is 4. The van der Waals surface area contributed by atoms with E-state index in [0.29, 0.717) is 10.0 Å². The molecule has 0 saturated carbocycles. The molecule has 160 valence electrons. The first-order valence-corrected chi connectivity index (χ1v) is 10.0. The molecule has 2 aliphatic heterocycles. The third kappa shape index (κ3) is 3.35. The van der Waals surface area contributed by atoms with E-state index in [2.05, 4.69) is 26.6 Å². The van der Waals surface area contributed by atoms with E-state index in [-0.39, 0.29) is 23.4 Å². The molecule has 2 amide bonds. The number of phenolic OH excluding ortho intramolecular Hbond substituents is 1. The third-order valence-corrected chi connectivity index (χ3v) is 6.32. The Morgan fingerprint density at radius 1 is 1.16 bits per heavy atom. The number of benzene rings is 2. The van der Waals surface area contributed by atoms with Gasteiger partial charge in [-0.05, 0) is 23.8 Å². The second-order valence-electron chi connectivity index (χ2n) is 7.56. The van der Waals surface area contributed by atoms with Gasteiger partial charge in [-0.2, -0.15) is 0 Å². The molecule has 4 atom stereocenters. The molecule has 4 N–H and O–H groups in total. The number of amides is 2. The first-order chi connectivity index (χ1) is 14.6. The van der Waals surface area contributed by atoms with Crippen LogP contribution in [0.25, 0.3) is 0 Å². The molecule has 0 aromatic heterocycles. The van der Waals surface area contributed by atoms with Crippen molar-refractivity contribution in [1.82, 2.24) is 10.6 Å². The number of carboxylic acids is 1. The second-order valence-corrected chi connectivity index (χ2v) is 8.47. The minimum absolute atomic E-state index is 0.150. The van der Waals surface area contributed by atoms with E-state index >= 15 is 0 Å². The molecular weight excluding hydrogens is 474 g/mol. The average molecular weight is 490 g/mol. The molecule has 31 heavy (non-hydrogen) atoms. The fourth-order valence-electron chi connectivity index (χ4n) is 4.46. The summed E-state index contributed by atoms with van der Waals surface area (Å²) in [6.07, 6.45) is -0.201. The fraction of sp³-hybridized carbons (Fsp3) is 0.250. The summed E-state index contributed by atoms with van der Waals surface area (Å²) in [5.41, 5.74) is -1.31. The Morgan fingerprint density at radius 2 is 1.84 bits per heavy atom. The number of halogens is 1. The van der Waals surface area contributed by atoms with Gasteiger partial charge in [0.25, 0.3) is 5.69 Å². The highest BCUT2D eigenvalue weighted by Gasteiger charge is 2.66. The van der Waals surface area contributed by atoms with Crippen LogP contribution in [-0.4, -0.2) is 38.5 Å². The van der Waals surface area contributed by atoms with Crippen molar-refractivity contribution in [3.05, 3.63) is 68.2 Å². The van der Waals surface area contributed by atoms with Gasteiger partial charge in [0.1, 0.15) is 11.3 Å². The molecule has 2 heterocycles. The number of carbonyl (C=O) groups excluding carboxylic acids is 2. The van der Waals surface area contributed by atoms with Gasteiger partial charge in [0.15, 0.2) is 0 Å². The lowest BCUT2D eigenvalue weighted by atomic mass is 9.76. The SMILES string of the molecule is O=C1NC(=O)C2C1C(c1cc(Br)ccc1O)NC2(Cc1ccc([N+](=O)[O-])cc1)C(=O)O. The van der Waals surface area contributed by atoms with E-state index in [4.69, 9.17) is 0 Å². The molecule has 2 aliphatic rings. The monoisotopic (exact) mass is 489 g/mol. The van der Waals surface area contributed by atoms with Crippen LogP contribution in [-0.2, 0) is 20.8 Å². The van der Waals surface area contributed by atoms with Crippen LogP contribution in [0.4, 0.5) is 5.69 Å².